The number of anilines is 1. The van der Waals surface area contributed by atoms with Gasteiger partial charge >= 0.3 is 5.97 Å². The predicted octanol–water partition coefficient (Wildman–Crippen LogP) is 6.99. The number of esters is 1. The van der Waals surface area contributed by atoms with E-state index < -0.39 is 11.9 Å². The molecular weight excluding hydrogens is 698 g/mol. The Kier molecular flexibility index (Phi) is 9.60. The molecule has 1 heterocycles. The molecule has 3 aromatic rings. The maximum absolute atomic E-state index is 13.6. The van der Waals surface area contributed by atoms with Crippen LogP contribution in [0.1, 0.15) is 11.1 Å². The van der Waals surface area contributed by atoms with Crippen molar-refractivity contribution in [2.24, 2.45) is 0 Å². The minimum Gasteiger partial charge on any atom is -0.493 e. The number of carbonyl (C=O) groups excluding carboxylic acids is 2. The molecule has 0 aliphatic carbocycles. The Balaban J connectivity index is 1.69. The van der Waals surface area contributed by atoms with Gasteiger partial charge in [0.1, 0.15) is 18.8 Å². The summed E-state index contributed by atoms with van der Waals surface area (Å²) >= 11 is 26.0. The van der Waals surface area contributed by atoms with E-state index in [0.29, 0.717) is 37.8 Å². The molecule has 1 amide bonds. The largest absolute Gasteiger partial charge is 0.493 e. The summed E-state index contributed by atoms with van der Waals surface area (Å²) in [5.74, 6) is -0.00152. The monoisotopic (exact) mass is 716 g/mol. The number of rotatable bonds is 8. The van der Waals surface area contributed by atoms with Crippen molar-refractivity contribution in [3.63, 3.8) is 0 Å². The highest BCUT2D eigenvalue weighted by Crippen LogP contribution is 2.37. The quantitative estimate of drug-likeness (QED) is 0.108. The Bertz CT molecular complexity index is 1480. The summed E-state index contributed by atoms with van der Waals surface area (Å²) in [7, 11) is 2.79. The molecule has 4 rings (SSSR count). The van der Waals surface area contributed by atoms with Gasteiger partial charge in [-0.15, -0.1) is 0 Å². The van der Waals surface area contributed by atoms with Gasteiger partial charge in [-0.2, -0.15) is 0 Å². The second-order valence-corrected chi connectivity index (χ2v) is 11.0. The fraction of sp³-hybridized carbons (Fsp3) is 0.148. The molecule has 7 nitrogen and oxygen atoms in total. The molecule has 0 radical (unpaired) electrons. The Morgan fingerprint density at radius 2 is 1.72 bits per heavy atom. The van der Waals surface area contributed by atoms with Crippen molar-refractivity contribution in [3.05, 3.63) is 90.1 Å². The molecule has 202 valence electrons. The van der Waals surface area contributed by atoms with E-state index in [4.69, 9.17) is 61.2 Å². The van der Waals surface area contributed by atoms with E-state index >= 15 is 0 Å². The Hall–Kier alpha value is -2.57. The molecule has 1 aliphatic heterocycles. The van der Waals surface area contributed by atoms with Crippen LogP contribution in [0.15, 0.2) is 60.3 Å². The van der Waals surface area contributed by atoms with Gasteiger partial charge in [0, 0.05) is 20.6 Å². The average molecular weight is 718 g/mol. The molecule has 12 heteroatoms. The first-order valence-corrected chi connectivity index (χ1v) is 13.9. The number of hydrogen-bond donors (Lipinski definition) is 0. The molecule has 1 saturated heterocycles. The summed E-state index contributed by atoms with van der Waals surface area (Å²) in [4.78, 5) is 28.5. The number of carbonyl (C=O) groups is 2. The summed E-state index contributed by atoms with van der Waals surface area (Å²) in [5, 5.41) is 1.68. The van der Waals surface area contributed by atoms with E-state index in [-0.39, 0.29) is 24.0 Å². The van der Waals surface area contributed by atoms with Crippen LogP contribution in [-0.2, 0) is 20.9 Å². The number of thiocarbonyl (C=S) groups is 1. The standard InChI is InChI=1S/C27H20Cl3IN2O5S/c1-36-23-11-15(9-21(31)25(23)38-14-16-3-4-18(29)12-20(16)30)10-22-26(35)33(19-7-5-17(28)6-8-19)27(39)32(22)13-24(34)37-2/h3-12H,13-14H2,1-2H3/b22-10-. The SMILES string of the molecule is COC(=O)CN1C(=S)N(c2ccc(Cl)cc2)C(=O)/C1=C/c1cc(I)c(OCc2ccc(Cl)cc2Cl)c(OC)c1. The predicted molar refractivity (Wildman–Crippen MR) is 165 cm³/mol. The fourth-order valence-corrected chi connectivity index (χ4v) is 5.48. The molecule has 1 fully saturated rings. The highest BCUT2D eigenvalue weighted by Gasteiger charge is 2.40. The van der Waals surface area contributed by atoms with Gasteiger partial charge in [-0.05, 0) is 95.0 Å². The molecule has 0 aromatic heterocycles. The van der Waals surface area contributed by atoms with Crippen molar-refractivity contribution >= 4 is 98.4 Å². The van der Waals surface area contributed by atoms with Gasteiger partial charge in [0.2, 0.25) is 0 Å². The lowest BCUT2D eigenvalue weighted by Crippen LogP contribution is -2.35. The van der Waals surface area contributed by atoms with E-state index in [0.717, 1.165) is 9.13 Å². The van der Waals surface area contributed by atoms with Gasteiger partial charge in [0.05, 0.1) is 23.5 Å². The summed E-state index contributed by atoms with van der Waals surface area (Å²) in [5.41, 5.74) is 2.10. The smallest absolute Gasteiger partial charge is 0.325 e. The van der Waals surface area contributed by atoms with Crippen molar-refractivity contribution in [2.75, 3.05) is 25.7 Å². The van der Waals surface area contributed by atoms with Gasteiger partial charge in [0.25, 0.3) is 5.91 Å². The lowest BCUT2D eigenvalue weighted by molar-refractivity contribution is -0.140. The van der Waals surface area contributed by atoms with E-state index in [1.165, 1.54) is 24.0 Å². The number of benzene rings is 3. The van der Waals surface area contributed by atoms with Crippen LogP contribution in [0.2, 0.25) is 15.1 Å². The highest BCUT2D eigenvalue weighted by atomic mass is 127. The van der Waals surface area contributed by atoms with E-state index in [1.54, 1.807) is 54.6 Å². The van der Waals surface area contributed by atoms with E-state index in [1.807, 2.05) is 6.07 Å². The number of ether oxygens (including phenoxy) is 3. The van der Waals surface area contributed by atoms with Crippen molar-refractivity contribution in [1.82, 2.24) is 4.90 Å². The summed E-state index contributed by atoms with van der Waals surface area (Å²) in [6.45, 7) is -0.0488. The fourth-order valence-electron chi connectivity index (χ4n) is 3.75. The minimum absolute atomic E-state index is 0.139. The maximum Gasteiger partial charge on any atom is 0.325 e. The normalized spacial score (nSPS) is 14.3. The summed E-state index contributed by atoms with van der Waals surface area (Å²) < 4.78 is 17.2. The van der Waals surface area contributed by atoms with Crippen molar-refractivity contribution in [2.45, 2.75) is 6.61 Å². The van der Waals surface area contributed by atoms with Crippen LogP contribution < -0.4 is 14.4 Å². The Labute approximate surface area is 259 Å². The van der Waals surface area contributed by atoms with Gasteiger partial charge in [-0.1, -0.05) is 40.9 Å². The van der Waals surface area contributed by atoms with E-state index in [9.17, 15) is 9.59 Å². The van der Waals surface area contributed by atoms with Gasteiger partial charge in [0.15, 0.2) is 16.6 Å². The first kappa shape index (κ1) is 29.4. The summed E-state index contributed by atoms with van der Waals surface area (Å²) in [6.07, 6.45) is 1.64. The van der Waals surface area contributed by atoms with Gasteiger partial charge < -0.3 is 19.1 Å². The van der Waals surface area contributed by atoms with Gasteiger partial charge in [-0.25, -0.2) is 0 Å². The van der Waals surface area contributed by atoms with Crippen LogP contribution in [0.4, 0.5) is 5.69 Å². The molecular formula is C27H20Cl3IN2O5S. The van der Waals surface area contributed by atoms with Crippen molar-refractivity contribution in [3.8, 4) is 11.5 Å². The first-order valence-electron chi connectivity index (χ1n) is 11.3. The molecule has 0 bridgehead atoms. The third kappa shape index (κ3) is 6.60. The zero-order valence-electron chi connectivity index (χ0n) is 20.5. The van der Waals surface area contributed by atoms with Crippen LogP contribution in [0.5, 0.6) is 11.5 Å². The molecule has 0 saturated carbocycles. The summed E-state index contributed by atoms with van der Waals surface area (Å²) in [6, 6.07) is 15.4. The Morgan fingerprint density at radius 1 is 1.03 bits per heavy atom. The van der Waals surface area contributed by atoms with E-state index in [2.05, 4.69) is 22.6 Å². The number of methoxy groups -OCH3 is 2. The molecule has 0 atom stereocenters. The van der Waals surface area contributed by atoms with Crippen molar-refractivity contribution < 1.29 is 23.8 Å². The van der Waals surface area contributed by atoms with Crippen LogP contribution >= 0.6 is 69.6 Å². The second-order valence-electron chi connectivity index (χ2n) is 8.15. The minimum atomic E-state index is -0.550. The molecule has 0 N–H and O–H groups in total. The Morgan fingerprint density at radius 3 is 2.36 bits per heavy atom. The molecule has 0 spiro atoms. The molecule has 3 aromatic carbocycles. The lowest BCUT2D eigenvalue weighted by Gasteiger charge is -2.19. The number of halogens is 4. The average Bonchev–Trinajstić information content (AvgIpc) is 3.13. The van der Waals surface area contributed by atoms with Gasteiger partial charge in [-0.3, -0.25) is 14.5 Å². The zero-order chi connectivity index (χ0) is 28.3. The van der Waals surface area contributed by atoms with Crippen molar-refractivity contribution in [1.29, 1.82) is 0 Å². The number of nitrogens with zero attached hydrogens (tertiary/aromatic N) is 2. The molecule has 1 aliphatic rings. The van der Waals surface area contributed by atoms with Crippen LogP contribution in [-0.4, -0.2) is 42.7 Å². The lowest BCUT2D eigenvalue weighted by atomic mass is 10.1. The first-order chi connectivity index (χ1) is 18.6. The highest BCUT2D eigenvalue weighted by molar-refractivity contribution is 14.1. The third-order valence-electron chi connectivity index (χ3n) is 5.68. The zero-order valence-corrected chi connectivity index (χ0v) is 25.8. The van der Waals surface area contributed by atoms with Crippen LogP contribution in [0.3, 0.4) is 0 Å². The molecule has 39 heavy (non-hydrogen) atoms. The maximum atomic E-state index is 13.6. The number of hydrogen-bond acceptors (Lipinski definition) is 6. The second kappa shape index (κ2) is 12.7. The molecule has 0 unspecified atom stereocenters. The number of amides is 1. The van der Waals surface area contributed by atoms with Crippen LogP contribution in [0.25, 0.3) is 6.08 Å². The topological polar surface area (TPSA) is 68.3 Å². The van der Waals surface area contributed by atoms with Crippen LogP contribution in [0, 0.1) is 3.57 Å². The third-order valence-corrected chi connectivity index (χ3v) is 7.72.